The van der Waals surface area contributed by atoms with E-state index in [1.165, 1.54) is 30.0 Å². The van der Waals surface area contributed by atoms with Crippen LogP contribution in [0.15, 0.2) is 59.5 Å². The van der Waals surface area contributed by atoms with Crippen molar-refractivity contribution in [2.45, 2.75) is 95.5 Å². The first-order valence-electron chi connectivity index (χ1n) is 15.6. The zero-order valence-corrected chi connectivity index (χ0v) is 26.5. The number of methoxy groups -OCH3 is 1. The molecule has 0 spiro atoms. The standard InChI is InChI=1S/C33H49N3O5S/c1-4-6-7-8-9-13-16-32(37)34-24-21-29(22-25-34)36(26-28-17-19-30(41-3)20-18-28)33(38)27-35(23-5-2)42(39,40)31-14-11-10-12-15-31/h10-12,14-15,17-20,29H,4-9,13,16,21-27H2,1-3H3. The number of benzene rings is 2. The predicted octanol–water partition coefficient (Wildman–Crippen LogP) is 5.87. The van der Waals surface area contributed by atoms with Gasteiger partial charge >= 0.3 is 0 Å². The van der Waals surface area contributed by atoms with Gasteiger partial charge in [0.2, 0.25) is 21.8 Å². The normalized spacial score (nSPS) is 14.2. The fraction of sp³-hybridized carbons (Fsp3) is 0.576. The van der Waals surface area contributed by atoms with Gasteiger partial charge in [-0.2, -0.15) is 4.31 Å². The Hall–Kier alpha value is -2.91. The average Bonchev–Trinajstić information content (AvgIpc) is 3.02. The predicted molar refractivity (Wildman–Crippen MR) is 167 cm³/mol. The second-order valence-corrected chi connectivity index (χ2v) is 13.1. The first-order valence-corrected chi connectivity index (χ1v) is 17.0. The van der Waals surface area contributed by atoms with Crippen LogP contribution in [-0.2, 0) is 26.2 Å². The number of ether oxygens (including phenoxy) is 1. The van der Waals surface area contributed by atoms with Gasteiger partial charge in [-0.3, -0.25) is 9.59 Å². The molecule has 0 aromatic heterocycles. The summed E-state index contributed by atoms with van der Waals surface area (Å²) in [6.07, 6.45) is 9.41. The summed E-state index contributed by atoms with van der Waals surface area (Å²) in [6.45, 7) is 5.71. The summed E-state index contributed by atoms with van der Waals surface area (Å²) >= 11 is 0. The van der Waals surface area contributed by atoms with Gasteiger partial charge in [0.05, 0.1) is 18.6 Å². The molecule has 2 amide bonds. The van der Waals surface area contributed by atoms with E-state index in [0.717, 1.165) is 24.2 Å². The third kappa shape index (κ3) is 9.83. The molecule has 1 heterocycles. The topological polar surface area (TPSA) is 87.2 Å². The number of nitrogens with zero attached hydrogens (tertiary/aromatic N) is 3. The van der Waals surface area contributed by atoms with Crippen molar-refractivity contribution in [2.75, 3.05) is 33.3 Å². The smallest absolute Gasteiger partial charge is 0.243 e. The van der Waals surface area contributed by atoms with Crippen molar-refractivity contribution in [3.63, 3.8) is 0 Å². The maximum Gasteiger partial charge on any atom is 0.243 e. The van der Waals surface area contributed by atoms with E-state index in [-0.39, 0.29) is 35.8 Å². The van der Waals surface area contributed by atoms with Gasteiger partial charge in [-0.25, -0.2) is 8.42 Å². The van der Waals surface area contributed by atoms with Crippen LogP contribution in [-0.4, -0.2) is 73.7 Å². The molecule has 0 saturated carbocycles. The van der Waals surface area contributed by atoms with Crippen LogP contribution in [0.25, 0.3) is 0 Å². The van der Waals surface area contributed by atoms with E-state index in [0.29, 0.717) is 45.3 Å². The molecule has 0 bridgehead atoms. The number of carbonyl (C=O) groups excluding carboxylic acids is 2. The second-order valence-electron chi connectivity index (χ2n) is 11.2. The Morgan fingerprint density at radius 2 is 1.52 bits per heavy atom. The lowest BCUT2D eigenvalue weighted by Gasteiger charge is -2.39. The van der Waals surface area contributed by atoms with Crippen molar-refractivity contribution in [3.05, 3.63) is 60.2 Å². The molecule has 1 aliphatic heterocycles. The zero-order valence-electron chi connectivity index (χ0n) is 25.7. The quantitative estimate of drug-likeness (QED) is 0.212. The van der Waals surface area contributed by atoms with E-state index in [2.05, 4.69) is 6.92 Å². The van der Waals surface area contributed by atoms with Crippen LogP contribution >= 0.6 is 0 Å². The summed E-state index contributed by atoms with van der Waals surface area (Å²) in [6, 6.07) is 15.8. The van der Waals surface area contributed by atoms with Crippen molar-refractivity contribution in [3.8, 4) is 5.75 Å². The van der Waals surface area contributed by atoms with E-state index in [9.17, 15) is 18.0 Å². The first-order chi connectivity index (χ1) is 20.3. The van der Waals surface area contributed by atoms with Crippen LogP contribution in [0.4, 0.5) is 0 Å². The molecule has 9 heteroatoms. The molecule has 2 aromatic carbocycles. The van der Waals surface area contributed by atoms with Crippen LogP contribution in [0.3, 0.4) is 0 Å². The van der Waals surface area contributed by atoms with Crippen molar-refractivity contribution in [1.29, 1.82) is 0 Å². The fourth-order valence-corrected chi connectivity index (χ4v) is 7.01. The third-order valence-electron chi connectivity index (χ3n) is 8.00. The largest absolute Gasteiger partial charge is 0.497 e. The van der Waals surface area contributed by atoms with Gasteiger partial charge in [0, 0.05) is 38.6 Å². The maximum absolute atomic E-state index is 13.9. The Kier molecular flexibility index (Phi) is 13.8. The lowest BCUT2D eigenvalue weighted by atomic mass is 10.0. The summed E-state index contributed by atoms with van der Waals surface area (Å²) in [5.74, 6) is 0.701. The summed E-state index contributed by atoms with van der Waals surface area (Å²) in [7, 11) is -2.21. The van der Waals surface area contributed by atoms with Crippen molar-refractivity contribution >= 4 is 21.8 Å². The lowest BCUT2D eigenvalue weighted by molar-refractivity contribution is -0.137. The van der Waals surface area contributed by atoms with Crippen LogP contribution in [0.1, 0.15) is 83.6 Å². The van der Waals surface area contributed by atoms with E-state index >= 15 is 0 Å². The Bertz CT molecular complexity index is 1200. The molecule has 1 saturated heterocycles. The number of unbranched alkanes of at least 4 members (excludes halogenated alkanes) is 5. The number of rotatable bonds is 17. The molecule has 8 nitrogen and oxygen atoms in total. The van der Waals surface area contributed by atoms with Gasteiger partial charge in [0.15, 0.2) is 0 Å². The second kappa shape index (κ2) is 17.3. The van der Waals surface area contributed by atoms with E-state index in [4.69, 9.17) is 4.74 Å². The molecule has 0 unspecified atom stereocenters. The minimum absolute atomic E-state index is 0.0828. The number of likely N-dealkylation sites (tertiary alicyclic amines) is 1. The fourth-order valence-electron chi connectivity index (χ4n) is 5.51. The molecular formula is C33H49N3O5S. The maximum atomic E-state index is 13.9. The molecule has 1 aliphatic rings. The van der Waals surface area contributed by atoms with E-state index < -0.39 is 10.0 Å². The molecule has 42 heavy (non-hydrogen) atoms. The highest BCUT2D eigenvalue weighted by Crippen LogP contribution is 2.23. The first kappa shape index (κ1) is 33.6. The van der Waals surface area contributed by atoms with Gasteiger partial charge in [0.25, 0.3) is 0 Å². The highest BCUT2D eigenvalue weighted by Gasteiger charge is 2.33. The number of carbonyl (C=O) groups is 2. The zero-order chi connectivity index (χ0) is 30.4. The van der Waals surface area contributed by atoms with E-state index in [1.54, 1.807) is 37.4 Å². The molecule has 3 rings (SSSR count). The van der Waals surface area contributed by atoms with Crippen molar-refractivity contribution in [1.82, 2.24) is 14.1 Å². The number of piperidine rings is 1. The van der Waals surface area contributed by atoms with Gasteiger partial charge in [-0.15, -0.1) is 0 Å². The number of amides is 2. The molecule has 232 valence electrons. The summed E-state index contributed by atoms with van der Waals surface area (Å²) < 4.78 is 33.5. The Morgan fingerprint density at radius 3 is 2.14 bits per heavy atom. The van der Waals surface area contributed by atoms with Crippen LogP contribution < -0.4 is 4.74 Å². The summed E-state index contributed by atoms with van der Waals surface area (Å²) in [5, 5.41) is 0. The Labute approximate surface area is 253 Å². The molecule has 0 atom stereocenters. The molecular weight excluding hydrogens is 550 g/mol. The molecule has 1 fully saturated rings. The van der Waals surface area contributed by atoms with Gasteiger partial charge < -0.3 is 14.5 Å². The number of hydrogen-bond donors (Lipinski definition) is 0. The Balaban J connectivity index is 1.70. The Morgan fingerprint density at radius 1 is 0.881 bits per heavy atom. The lowest BCUT2D eigenvalue weighted by Crippen LogP contribution is -2.51. The van der Waals surface area contributed by atoms with Gasteiger partial charge in [-0.05, 0) is 55.5 Å². The van der Waals surface area contributed by atoms with E-state index in [1.807, 2.05) is 41.0 Å². The van der Waals surface area contributed by atoms with Crippen molar-refractivity contribution < 1.29 is 22.7 Å². The molecule has 0 aliphatic carbocycles. The van der Waals surface area contributed by atoms with Crippen molar-refractivity contribution in [2.24, 2.45) is 0 Å². The highest BCUT2D eigenvalue weighted by atomic mass is 32.2. The summed E-state index contributed by atoms with van der Waals surface area (Å²) in [4.78, 5) is 30.7. The molecule has 2 aromatic rings. The minimum Gasteiger partial charge on any atom is -0.497 e. The van der Waals surface area contributed by atoms with Gasteiger partial charge in [0.1, 0.15) is 5.75 Å². The van der Waals surface area contributed by atoms with Gasteiger partial charge in [-0.1, -0.05) is 76.3 Å². The number of hydrogen-bond acceptors (Lipinski definition) is 5. The average molecular weight is 600 g/mol. The monoisotopic (exact) mass is 599 g/mol. The van der Waals surface area contributed by atoms with Crippen LogP contribution in [0.2, 0.25) is 0 Å². The minimum atomic E-state index is -3.82. The SMILES string of the molecule is CCCCCCCCC(=O)N1CCC(N(Cc2ccc(OC)cc2)C(=O)CN(CCC)S(=O)(=O)c2ccccc2)CC1. The molecule has 0 N–H and O–H groups in total. The van der Waals surface area contributed by atoms with Crippen LogP contribution in [0.5, 0.6) is 5.75 Å². The molecule has 0 radical (unpaired) electrons. The summed E-state index contributed by atoms with van der Waals surface area (Å²) in [5.41, 5.74) is 0.943. The third-order valence-corrected chi connectivity index (χ3v) is 9.86. The number of sulfonamides is 1. The highest BCUT2D eigenvalue weighted by molar-refractivity contribution is 7.89. The van der Waals surface area contributed by atoms with Crippen LogP contribution in [0, 0.1) is 0 Å².